The second-order valence-corrected chi connectivity index (χ2v) is 5.92. The first kappa shape index (κ1) is 15.1. The molecule has 0 unspecified atom stereocenters. The Hall–Kier alpha value is -2.34. The molecule has 110 valence electrons. The summed E-state index contributed by atoms with van der Waals surface area (Å²) in [5, 5.41) is 14.3. The van der Waals surface area contributed by atoms with Gasteiger partial charge in [-0.25, -0.2) is 4.79 Å². The van der Waals surface area contributed by atoms with Crippen molar-refractivity contribution in [3.05, 3.63) is 51.7 Å². The molecule has 1 aromatic carbocycles. The monoisotopic (exact) mass is 304 g/mol. The van der Waals surface area contributed by atoms with Crippen molar-refractivity contribution in [1.29, 1.82) is 0 Å². The Morgan fingerprint density at radius 3 is 2.62 bits per heavy atom. The summed E-state index contributed by atoms with van der Waals surface area (Å²) in [6.07, 6.45) is -0.124. The third kappa shape index (κ3) is 4.61. The van der Waals surface area contributed by atoms with Crippen molar-refractivity contribution in [1.82, 2.24) is 5.32 Å². The maximum atomic E-state index is 11.9. The molecule has 0 bridgehead atoms. The van der Waals surface area contributed by atoms with Crippen molar-refractivity contribution in [3.63, 3.8) is 0 Å². The maximum Gasteiger partial charge on any atom is 0.319 e. The van der Waals surface area contributed by atoms with Crippen LogP contribution in [0.2, 0.25) is 0 Å². The molecular weight excluding hydrogens is 288 g/mol. The minimum atomic E-state index is -0.932. The first-order valence-electron chi connectivity index (χ1n) is 6.44. The van der Waals surface area contributed by atoms with Gasteiger partial charge in [-0.2, -0.15) is 0 Å². The third-order valence-electron chi connectivity index (χ3n) is 2.83. The van der Waals surface area contributed by atoms with E-state index >= 15 is 0 Å². The van der Waals surface area contributed by atoms with Crippen LogP contribution in [0.4, 0.5) is 10.5 Å². The van der Waals surface area contributed by atoms with E-state index in [0.29, 0.717) is 17.8 Å². The molecule has 0 aliphatic carbocycles. The van der Waals surface area contributed by atoms with Gasteiger partial charge in [0.25, 0.3) is 0 Å². The van der Waals surface area contributed by atoms with Crippen molar-refractivity contribution >= 4 is 29.0 Å². The van der Waals surface area contributed by atoms with Gasteiger partial charge in [0.15, 0.2) is 0 Å². The number of carbonyl (C=O) groups is 2. The van der Waals surface area contributed by atoms with E-state index in [0.717, 1.165) is 4.88 Å². The smallest absolute Gasteiger partial charge is 0.319 e. The van der Waals surface area contributed by atoms with Crippen molar-refractivity contribution in [2.75, 3.05) is 5.32 Å². The van der Waals surface area contributed by atoms with Crippen molar-refractivity contribution in [3.8, 4) is 0 Å². The van der Waals surface area contributed by atoms with Crippen LogP contribution in [0.15, 0.2) is 36.4 Å². The Bertz CT molecular complexity index is 652. The zero-order valence-electron chi connectivity index (χ0n) is 11.6. The number of thiophene rings is 1. The Balaban J connectivity index is 1.94. The number of anilines is 1. The molecule has 0 spiro atoms. The summed E-state index contributed by atoms with van der Waals surface area (Å²) in [6.45, 7) is 2.46. The van der Waals surface area contributed by atoms with Crippen LogP contribution in [0.25, 0.3) is 0 Å². The lowest BCUT2D eigenvalue weighted by Crippen LogP contribution is -2.28. The van der Waals surface area contributed by atoms with Crippen molar-refractivity contribution < 1.29 is 14.7 Å². The number of nitrogens with one attached hydrogen (secondary N) is 2. The first-order valence-corrected chi connectivity index (χ1v) is 7.26. The van der Waals surface area contributed by atoms with Gasteiger partial charge in [-0.3, -0.25) is 4.79 Å². The number of carbonyl (C=O) groups excluding carboxylic acids is 1. The molecule has 3 N–H and O–H groups in total. The van der Waals surface area contributed by atoms with Gasteiger partial charge in [0.05, 0.1) is 13.0 Å². The molecule has 0 radical (unpaired) electrons. The molecule has 1 aromatic heterocycles. The van der Waals surface area contributed by atoms with Gasteiger partial charge in [-0.1, -0.05) is 18.2 Å². The van der Waals surface area contributed by atoms with Gasteiger partial charge in [0.1, 0.15) is 0 Å². The zero-order valence-corrected chi connectivity index (χ0v) is 12.4. The summed E-state index contributed by atoms with van der Waals surface area (Å²) in [6, 6.07) is 10.5. The number of urea groups is 1. The lowest BCUT2D eigenvalue weighted by atomic mass is 10.1. The Labute approximate surface area is 126 Å². The minimum absolute atomic E-state index is 0.124. The highest BCUT2D eigenvalue weighted by molar-refractivity contribution is 7.11. The van der Waals surface area contributed by atoms with E-state index in [2.05, 4.69) is 10.6 Å². The first-order chi connectivity index (χ1) is 10.0. The average molecular weight is 304 g/mol. The van der Waals surface area contributed by atoms with Gasteiger partial charge in [-0.15, -0.1) is 11.3 Å². The second-order valence-electron chi connectivity index (χ2n) is 4.55. The zero-order chi connectivity index (χ0) is 15.2. The number of para-hydroxylation sites is 1. The van der Waals surface area contributed by atoms with Gasteiger partial charge in [0.2, 0.25) is 0 Å². The molecule has 5 nitrogen and oxygen atoms in total. The van der Waals surface area contributed by atoms with E-state index in [9.17, 15) is 9.59 Å². The molecule has 0 saturated carbocycles. The molecule has 6 heteroatoms. The number of aryl methyl sites for hydroxylation is 1. The molecule has 1 heterocycles. The Morgan fingerprint density at radius 1 is 1.19 bits per heavy atom. The van der Waals surface area contributed by atoms with Crippen LogP contribution in [0.5, 0.6) is 0 Å². The van der Waals surface area contributed by atoms with Crippen molar-refractivity contribution in [2.45, 2.75) is 19.9 Å². The molecule has 21 heavy (non-hydrogen) atoms. The topological polar surface area (TPSA) is 78.4 Å². The predicted molar refractivity (Wildman–Crippen MR) is 82.7 cm³/mol. The van der Waals surface area contributed by atoms with Gasteiger partial charge in [-0.05, 0) is 30.7 Å². The summed E-state index contributed by atoms with van der Waals surface area (Å²) in [5.41, 5.74) is 1.09. The van der Waals surface area contributed by atoms with Crippen LogP contribution in [-0.2, 0) is 17.8 Å². The quantitative estimate of drug-likeness (QED) is 0.794. The molecule has 2 amide bonds. The largest absolute Gasteiger partial charge is 0.481 e. The van der Waals surface area contributed by atoms with E-state index in [1.165, 1.54) is 4.88 Å². The lowest BCUT2D eigenvalue weighted by molar-refractivity contribution is -0.136. The number of hydrogen-bond acceptors (Lipinski definition) is 3. The van der Waals surface area contributed by atoms with Crippen LogP contribution < -0.4 is 10.6 Å². The molecule has 0 aliphatic heterocycles. The average Bonchev–Trinajstić information content (AvgIpc) is 2.84. The molecular formula is C15H16N2O3S. The van der Waals surface area contributed by atoms with E-state index < -0.39 is 5.97 Å². The highest BCUT2D eigenvalue weighted by atomic mass is 32.1. The molecule has 2 aromatic rings. The fourth-order valence-electron chi connectivity index (χ4n) is 1.87. The number of aliphatic carboxylic acids is 1. The Morgan fingerprint density at radius 2 is 1.95 bits per heavy atom. The summed E-state index contributed by atoms with van der Waals surface area (Å²) < 4.78 is 0. The van der Waals surface area contributed by atoms with Gasteiger partial charge in [0, 0.05) is 15.4 Å². The summed E-state index contributed by atoms with van der Waals surface area (Å²) in [5.74, 6) is -0.932. The van der Waals surface area contributed by atoms with Crippen LogP contribution in [0.1, 0.15) is 15.3 Å². The fourth-order valence-corrected chi connectivity index (χ4v) is 2.70. The highest BCUT2D eigenvalue weighted by Crippen LogP contribution is 2.16. The summed E-state index contributed by atoms with van der Waals surface area (Å²) in [4.78, 5) is 24.9. The van der Waals surface area contributed by atoms with Gasteiger partial charge < -0.3 is 15.7 Å². The van der Waals surface area contributed by atoms with Crippen LogP contribution >= 0.6 is 11.3 Å². The minimum Gasteiger partial charge on any atom is -0.481 e. The number of carboxylic acids is 1. The Kier molecular flexibility index (Phi) is 4.94. The number of benzene rings is 1. The summed E-state index contributed by atoms with van der Waals surface area (Å²) in [7, 11) is 0. The van der Waals surface area contributed by atoms with E-state index in [4.69, 9.17) is 5.11 Å². The van der Waals surface area contributed by atoms with Crippen LogP contribution in [0.3, 0.4) is 0 Å². The van der Waals surface area contributed by atoms with E-state index in [-0.39, 0.29) is 12.5 Å². The SMILES string of the molecule is Cc1ccc(CNC(=O)Nc2ccccc2CC(=O)O)s1. The normalized spacial score (nSPS) is 10.1. The number of hydrogen-bond donors (Lipinski definition) is 3. The number of rotatable bonds is 5. The molecule has 2 rings (SSSR count). The molecule has 0 saturated heterocycles. The van der Waals surface area contributed by atoms with Crippen LogP contribution in [-0.4, -0.2) is 17.1 Å². The summed E-state index contributed by atoms with van der Waals surface area (Å²) >= 11 is 1.63. The molecule has 0 fully saturated rings. The molecule has 0 atom stereocenters. The fraction of sp³-hybridized carbons (Fsp3) is 0.200. The lowest BCUT2D eigenvalue weighted by Gasteiger charge is -2.10. The van der Waals surface area contributed by atoms with Crippen molar-refractivity contribution in [2.24, 2.45) is 0 Å². The highest BCUT2D eigenvalue weighted by Gasteiger charge is 2.09. The van der Waals surface area contributed by atoms with E-state index in [1.807, 2.05) is 19.1 Å². The number of amides is 2. The molecule has 0 aliphatic rings. The second kappa shape index (κ2) is 6.90. The van der Waals surface area contributed by atoms with Crippen LogP contribution in [0, 0.1) is 6.92 Å². The predicted octanol–water partition coefficient (Wildman–Crippen LogP) is 3.01. The maximum absolute atomic E-state index is 11.9. The van der Waals surface area contributed by atoms with E-state index in [1.54, 1.807) is 35.6 Å². The van der Waals surface area contributed by atoms with Gasteiger partial charge >= 0.3 is 12.0 Å². The standard InChI is InChI=1S/C15H16N2O3S/c1-10-6-7-12(21-10)9-16-15(20)17-13-5-3-2-4-11(13)8-14(18)19/h2-7H,8-9H2,1H3,(H,18,19)(H2,16,17,20). The number of carboxylic acid groups (broad SMARTS) is 1. The third-order valence-corrected chi connectivity index (χ3v) is 3.83.